The summed E-state index contributed by atoms with van der Waals surface area (Å²) in [5.41, 5.74) is 0.669. The van der Waals surface area contributed by atoms with Crippen LogP contribution in [0.2, 0.25) is 10.3 Å². The van der Waals surface area contributed by atoms with Gasteiger partial charge in [0, 0.05) is 12.7 Å². The predicted octanol–water partition coefficient (Wildman–Crippen LogP) is 1.81. The Kier molecular flexibility index (Phi) is 4.66. The molecule has 2 rings (SSSR count). The van der Waals surface area contributed by atoms with Gasteiger partial charge in [0.05, 0.1) is 5.56 Å². The van der Waals surface area contributed by atoms with Crippen molar-refractivity contribution in [2.45, 2.75) is 6.54 Å². The van der Waals surface area contributed by atoms with Crippen LogP contribution >= 0.6 is 23.2 Å². The van der Waals surface area contributed by atoms with Crippen LogP contribution in [0.3, 0.4) is 0 Å². The second kappa shape index (κ2) is 6.47. The first-order valence-electron chi connectivity index (χ1n) is 5.62. The Bertz CT molecular complexity index is 691. The van der Waals surface area contributed by atoms with Crippen LogP contribution in [0.25, 0.3) is 0 Å². The lowest BCUT2D eigenvalue weighted by Gasteiger charge is -2.06. The minimum atomic E-state index is -1.12. The van der Waals surface area contributed by atoms with E-state index in [2.05, 4.69) is 20.5 Å². The Hall–Kier alpha value is -2.25. The molecule has 1 amide bonds. The van der Waals surface area contributed by atoms with Gasteiger partial charge in [0.25, 0.3) is 5.91 Å². The molecule has 2 aromatic rings. The van der Waals surface area contributed by atoms with Crippen molar-refractivity contribution in [1.29, 1.82) is 0 Å². The zero-order valence-electron chi connectivity index (χ0n) is 10.4. The number of halogens is 2. The van der Waals surface area contributed by atoms with Crippen LogP contribution in [0, 0.1) is 0 Å². The predicted molar refractivity (Wildman–Crippen MR) is 74.4 cm³/mol. The van der Waals surface area contributed by atoms with E-state index in [1.807, 2.05) is 0 Å². The van der Waals surface area contributed by atoms with Crippen molar-refractivity contribution < 1.29 is 14.7 Å². The summed E-state index contributed by atoms with van der Waals surface area (Å²) in [6.07, 6.45) is 1.36. The van der Waals surface area contributed by atoms with E-state index < -0.39 is 11.9 Å². The minimum absolute atomic E-state index is 0.0528. The molecular weight excluding hydrogens is 319 g/mol. The molecule has 9 heteroatoms. The highest BCUT2D eigenvalue weighted by Crippen LogP contribution is 2.15. The molecule has 0 unspecified atom stereocenters. The van der Waals surface area contributed by atoms with E-state index in [4.69, 9.17) is 28.3 Å². The average Bonchev–Trinajstić information content (AvgIpc) is 2.47. The Morgan fingerprint density at radius 1 is 1.24 bits per heavy atom. The number of pyridine rings is 1. The van der Waals surface area contributed by atoms with E-state index in [1.165, 1.54) is 18.3 Å². The molecule has 0 aliphatic heterocycles. The summed E-state index contributed by atoms with van der Waals surface area (Å²) >= 11 is 11.4. The molecule has 2 heterocycles. The van der Waals surface area contributed by atoms with Gasteiger partial charge in [0.2, 0.25) is 0 Å². The van der Waals surface area contributed by atoms with Crippen LogP contribution < -0.4 is 5.32 Å². The first kappa shape index (κ1) is 15.1. The summed E-state index contributed by atoms with van der Waals surface area (Å²) in [6, 6.07) is 4.20. The van der Waals surface area contributed by atoms with Gasteiger partial charge in [-0.25, -0.2) is 9.78 Å². The number of carboxylic acid groups (broad SMARTS) is 1. The Morgan fingerprint density at radius 3 is 2.62 bits per heavy atom. The van der Waals surface area contributed by atoms with Crippen LogP contribution in [0.5, 0.6) is 0 Å². The summed E-state index contributed by atoms with van der Waals surface area (Å²) < 4.78 is 0. The zero-order valence-corrected chi connectivity index (χ0v) is 11.9. The second-order valence-corrected chi connectivity index (χ2v) is 4.66. The summed E-state index contributed by atoms with van der Waals surface area (Å²) in [6.45, 7) is 0.155. The fourth-order valence-corrected chi connectivity index (χ4v) is 1.77. The molecule has 0 fully saturated rings. The Morgan fingerprint density at radius 2 is 2.00 bits per heavy atom. The highest BCUT2D eigenvalue weighted by Gasteiger charge is 2.13. The molecule has 0 aliphatic rings. The smallest absolute Gasteiger partial charge is 0.354 e. The number of nitrogens with one attached hydrogen (secondary N) is 1. The minimum Gasteiger partial charge on any atom is -0.477 e. The molecule has 0 aromatic carbocycles. The quantitative estimate of drug-likeness (QED) is 0.887. The number of aromatic nitrogens is 3. The van der Waals surface area contributed by atoms with Crippen molar-refractivity contribution in [3.63, 3.8) is 0 Å². The molecule has 2 aromatic heterocycles. The number of amides is 1. The second-order valence-electron chi connectivity index (χ2n) is 3.91. The van der Waals surface area contributed by atoms with Gasteiger partial charge < -0.3 is 10.4 Å². The highest BCUT2D eigenvalue weighted by molar-refractivity contribution is 6.34. The van der Waals surface area contributed by atoms with Gasteiger partial charge in [-0.15, -0.1) is 10.2 Å². The summed E-state index contributed by atoms with van der Waals surface area (Å²) in [4.78, 5) is 26.3. The van der Waals surface area contributed by atoms with Crippen molar-refractivity contribution in [2.24, 2.45) is 0 Å². The maximum Gasteiger partial charge on any atom is 0.354 e. The number of carbonyl (C=O) groups is 2. The van der Waals surface area contributed by atoms with Gasteiger partial charge in [-0.05, 0) is 17.7 Å². The van der Waals surface area contributed by atoms with Crippen molar-refractivity contribution in [2.75, 3.05) is 0 Å². The van der Waals surface area contributed by atoms with E-state index in [-0.39, 0.29) is 28.1 Å². The monoisotopic (exact) mass is 326 g/mol. The van der Waals surface area contributed by atoms with Crippen LogP contribution in [0.15, 0.2) is 24.4 Å². The number of carbonyl (C=O) groups excluding carboxylic acids is 1. The summed E-state index contributed by atoms with van der Waals surface area (Å²) in [7, 11) is 0. The van der Waals surface area contributed by atoms with E-state index in [0.717, 1.165) is 0 Å². The fraction of sp³-hybridized carbons (Fsp3) is 0.0833. The lowest BCUT2D eigenvalue weighted by molar-refractivity contribution is 0.0690. The third kappa shape index (κ3) is 3.87. The molecule has 108 valence electrons. The molecule has 0 aliphatic carbocycles. The van der Waals surface area contributed by atoms with Crippen LogP contribution in [-0.2, 0) is 6.54 Å². The van der Waals surface area contributed by atoms with E-state index in [1.54, 1.807) is 6.07 Å². The van der Waals surface area contributed by atoms with E-state index in [9.17, 15) is 9.59 Å². The van der Waals surface area contributed by atoms with E-state index in [0.29, 0.717) is 5.56 Å². The molecule has 0 saturated heterocycles. The lowest BCUT2D eigenvalue weighted by Crippen LogP contribution is -2.23. The normalized spacial score (nSPS) is 10.2. The Balaban J connectivity index is 2.04. The van der Waals surface area contributed by atoms with Crippen molar-refractivity contribution in [3.8, 4) is 0 Å². The lowest BCUT2D eigenvalue weighted by atomic mass is 10.2. The van der Waals surface area contributed by atoms with E-state index >= 15 is 0 Å². The third-order valence-electron chi connectivity index (χ3n) is 2.46. The standard InChI is InChI=1S/C12H8Cl2N4O3/c13-9-3-7(10(14)18-17-9)11(19)16-5-6-1-2-8(12(20)21)15-4-6/h1-4H,5H2,(H,16,19)(H,20,21). The molecule has 2 N–H and O–H groups in total. The maximum absolute atomic E-state index is 11.9. The largest absolute Gasteiger partial charge is 0.477 e. The Labute approximate surface area is 128 Å². The SMILES string of the molecule is O=C(O)c1ccc(CNC(=O)c2cc(Cl)nnc2Cl)cn1. The molecule has 0 spiro atoms. The van der Waals surface area contributed by atoms with Crippen LogP contribution in [0.1, 0.15) is 26.4 Å². The van der Waals surface area contributed by atoms with Crippen LogP contribution in [-0.4, -0.2) is 32.2 Å². The van der Waals surface area contributed by atoms with Gasteiger partial charge in [-0.3, -0.25) is 4.79 Å². The maximum atomic E-state index is 11.9. The topological polar surface area (TPSA) is 105 Å². The molecule has 7 nitrogen and oxygen atoms in total. The number of aromatic carboxylic acids is 1. The molecular formula is C12H8Cl2N4O3. The highest BCUT2D eigenvalue weighted by atomic mass is 35.5. The van der Waals surface area contributed by atoms with Crippen molar-refractivity contribution in [1.82, 2.24) is 20.5 Å². The zero-order chi connectivity index (χ0) is 15.4. The van der Waals surface area contributed by atoms with Gasteiger partial charge in [0.15, 0.2) is 10.3 Å². The first-order valence-corrected chi connectivity index (χ1v) is 6.38. The number of nitrogens with zero attached hydrogens (tertiary/aromatic N) is 3. The van der Waals surface area contributed by atoms with Crippen molar-refractivity contribution in [3.05, 3.63) is 51.5 Å². The number of hydrogen-bond donors (Lipinski definition) is 2. The summed E-state index contributed by atoms with van der Waals surface area (Å²) in [5.74, 6) is -1.59. The van der Waals surface area contributed by atoms with Gasteiger partial charge in [-0.2, -0.15) is 0 Å². The molecule has 21 heavy (non-hydrogen) atoms. The fourth-order valence-electron chi connectivity index (χ4n) is 1.45. The number of hydrogen-bond acceptors (Lipinski definition) is 5. The van der Waals surface area contributed by atoms with Crippen LogP contribution in [0.4, 0.5) is 0 Å². The van der Waals surface area contributed by atoms with Gasteiger partial charge in [0.1, 0.15) is 5.69 Å². The summed E-state index contributed by atoms with van der Waals surface area (Å²) in [5, 5.41) is 18.4. The molecule has 0 saturated carbocycles. The number of carboxylic acids is 1. The molecule has 0 bridgehead atoms. The van der Waals surface area contributed by atoms with Gasteiger partial charge in [-0.1, -0.05) is 29.3 Å². The number of rotatable bonds is 4. The van der Waals surface area contributed by atoms with Crippen molar-refractivity contribution >= 4 is 35.1 Å². The third-order valence-corrected chi connectivity index (χ3v) is 2.92. The molecule has 0 radical (unpaired) electrons. The molecule has 0 atom stereocenters. The first-order chi connectivity index (χ1) is 9.97. The van der Waals surface area contributed by atoms with Gasteiger partial charge >= 0.3 is 5.97 Å². The average molecular weight is 327 g/mol.